The number of aromatic nitrogens is 2. The molecule has 1 aromatic heterocycles. The van der Waals surface area contributed by atoms with E-state index in [1.54, 1.807) is 37.3 Å². The molecule has 3 aromatic rings. The Bertz CT molecular complexity index is 1170. The lowest BCUT2D eigenvalue weighted by molar-refractivity contribution is -0.384. The van der Waals surface area contributed by atoms with Gasteiger partial charge in [0, 0.05) is 17.7 Å². The first-order valence-electron chi connectivity index (χ1n) is 9.69. The van der Waals surface area contributed by atoms with Crippen LogP contribution in [0.4, 0.5) is 11.4 Å². The van der Waals surface area contributed by atoms with Gasteiger partial charge in [0.1, 0.15) is 17.5 Å². The summed E-state index contributed by atoms with van der Waals surface area (Å²) < 4.78 is 6.49. The van der Waals surface area contributed by atoms with Gasteiger partial charge < -0.3 is 10.1 Å². The average molecular weight is 422 g/mol. The lowest BCUT2D eigenvalue weighted by Gasteiger charge is -2.16. The van der Waals surface area contributed by atoms with Gasteiger partial charge in [-0.2, -0.15) is 5.10 Å². The fourth-order valence-corrected chi connectivity index (χ4v) is 3.05. The minimum Gasteiger partial charge on any atom is -0.494 e. The van der Waals surface area contributed by atoms with Crippen molar-refractivity contribution >= 4 is 17.3 Å². The fraction of sp³-hybridized carbons (Fsp3) is 0.227. The molecular weight excluding hydrogens is 400 g/mol. The molecule has 0 radical (unpaired) electrons. The molecule has 0 aliphatic heterocycles. The summed E-state index contributed by atoms with van der Waals surface area (Å²) in [5.41, 5.74) is 1.21. The summed E-state index contributed by atoms with van der Waals surface area (Å²) >= 11 is 0. The summed E-state index contributed by atoms with van der Waals surface area (Å²) in [6, 6.07) is 13.6. The SMILES string of the molecule is CCOc1ccc(-c2ccc(=O)n(C(C)C(=O)Nc3c(C)cccc3[N+](=O)[O-])n2)cc1. The quantitative estimate of drug-likeness (QED) is 0.458. The van der Waals surface area contributed by atoms with Crippen LogP contribution in [0.5, 0.6) is 5.75 Å². The number of nitro benzene ring substituents is 1. The van der Waals surface area contributed by atoms with Crippen molar-refractivity contribution in [1.29, 1.82) is 0 Å². The van der Waals surface area contributed by atoms with Gasteiger partial charge in [-0.3, -0.25) is 19.7 Å². The zero-order valence-electron chi connectivity index (χ0n) is 17.4. The first-order chi connectivity index (χ1) is 14.8. The molecule has 160 valence electrons. The summed E-state index contributed by atoms with van der Waals surface area (Å²) in [4.78, 5) is 35.9. The van der Waals surface area contributed by atoms with Gasteiger partial charge in [0.25, 0.3) is 11.2 Å². The first-order valence-corrected chi connectivity index (χ1v) is 9.69. The van der Waals surface area contributed by atoms with Crippen LogP contribution < -0.4 is 15.6 Å². The van der Waals surface area contributed by atoms with Gasteiger partial charge in [-0.25, -0.2) is 4.68 Å². The molecule has 1 atom stereocenters. The number of carbonyl (C=O) groups is 1. The molecule has 2 aromatic carbocycles. The summed E-state index contributed by atoms with van der Waals surface area (Å²) in [6.45, 7) is 5.61. The van der Waals surface area contributed by atoms with Crippen molar-refractivity contribution in [3.05, 3.63) is 80.6 Å². The molecule has 0 saturated heterocycles. The summed E-state index contributed by atoms with van der Waals surface area (Å²) in [6.07, 6.45) is 0. The second kappa shape index (κ2) is 9.21. The third kappa shape index (κ3) is 4.77. The third-order valence-corrected chi connectivity index (χ3v) is 4.73. The van der Waals surface area contributed by atoms with Crippen LogP contribution in [0.15, 0.2) is 59.4 Å². The highest BCUT2D eigenvalue weighted by Gasteiger charge is 2.23. The van der Waals surface area contributed by atoms with Crippen LogP contribution in [0, 0.1) is 17.0 Å². The Morgan fingerprint density at radius 1 is 1.19 bits per heavy atom. The molecule has 1 unspecified atom stereocenters. The number of anilines is 1. The zero-order valence-corrected chi connectivity index (χ0v) is 17.4. The molecular formula is C22H22N4O5. The van der Waals surface area contributed by atoms with Gasteiger partial charge in [-0.1, -0.05) is 12.1 Å². The number of hydrogen-bond donors (Lipinski definition) is 1. The number of nitrogens with zero attached hydrogens (tertiary/aromatic N) is 3. The predicted octanol–water partition coefficient (Wildman–Crippen LogP) is 3.73. The van der Waals surface area contributed by atoms with Crippen LogP contribution in [-0.2, 0) is 4.79 Å². The molecule has 1 N–H and O–H groups in total. The van der Waals surface area contributed by atoms with Gasteiger partial charge in [-0.05, 0) is 56.7 Å². The van der Waals surface area contributed by atoms with Crippen LogP contribution in [-0.4, -0.2) is 27.2 Å². The molecule has 0 fully saturated rings. The molecule has 9 nitrogen and oxygen atoms in total. The topological polar surface area (TPSA) is 116 Å². The minimum absolute atomic E-state index is 0.0973. The smallest absolute Gasteiger partial charge is 0.293 e. The number of nitro groups is 1. The summed E-state index contributed by atoms with van der Waals surface area (Å²) in [7, 11) is 0. The van der Waals surface area contributed by atoms with E-state index in [1.807, 2.05) is 19.1 Å². The maximum absolute atomic E-state index is 12.8. The van der Waals surface area contributed by atoms with Crippen molar-refractivity contribution in [2.45, 2.75) is 26.8 Å². The van der Waals surface area contributed by atoms with Crippen LogP contribution in [0.3, 0.4) is 0 Å². The van der Waals surface area contributed by atoms with E-state index in [4.69, 9.17) is 4.74 Å². The van der Waals surface area contributed by atoms with E-state index in [0.717, 1.165) is 10.2 Å². The monoisotopic (exact) mass is 422 g/mol. The number of para-hydroxylation sites is 1. The van der Waals surface area contributed by atoms with Crippen LogP contribution in [0.25, 0.3) is 11.3 Å². The Morgan fingerprint density at radius 3 is 2.55 bits per heavy atom. The normalized spacial score (nSPS) is 11.6. The molecule has 1 heterocycles. The lowest BCUT2D eigenvalue weighted by atomic mass is 10.1. The molecule has 9 heteroatoms. The summed E-state index contributed by atoms with van der Waals surface area (Å²) in [5.74, 6) is 0.128. The maximum atomic E-state index is 12.8. The fourth-order valence-electron chi connectivity index (χ4n) is 3.05. The van der Waals surface area contributed by atoms with E-state index >= 15 is 0 Å². The maximum Gasteiger partial charge on any atom is 0.293 e. The average Bonchev–Trinajstić information content (AvgIpc) is 2.75. The van der Waals surface area contributed by atoms with Crippen LogP contribution >= 0.6 is 0 Å². The van der Waals surface area contributed by atoms with Crippen molar-refractivity contribution in [1.82, 2.24) is 9.78 Å². The Hall–Kier alpha value is -4.01. The number of rotatable bonds is 7. The van der Waals surface area contributed by atoms with Crippen molar-refractivity contribution in [3.8, 4) is 17.0 Å². The second-order valence-electron chi connectivity index (χ2n) is 6.85. The molecule has 1 amide bonds. The lowest BCUT2D eigenvalue weighted by Crippen LogP contribution is -2.33. The number of carbonyl (C=O) groups excluding carboxylic acids is 1. The largest absolute Gasteiger partial charge is 0.494 e. The van der Waals surface area contributed by atoms with Gasteiger partial charge in [-0.15, -0.1) is 0 Å². The number of benzene rings is 2. The van der Waals surface area contributed by atoms with Gasteiger partial charge in [0.15, 0.2) is 0 Å². The molecule has 0 spiro atoms. The number of aryl methyl sites for hydroxylation is 1. The first kappa shape index (κ1) is 21.7. The Kier molecular flexibility index (Phi) is 6.44. The van der Waals surface area contributed by atoms with E-state index in [-0.39, 0.29) is 11.4 Å². The highest BCUT2D eigenvalue weighted by atomic mass is 16.6. The molecule has 0 saturated carbocycles. The summed E-state index contributed by atoms with van der Waals surface area (Å²) in [5, 5.41) is 18.2. The molecule has 0 bridgehead atoms. The highest BCUT2D eigenvalue weighted by Crippen LogP contribution is 2.28. The van der Waals surface area contributed by atoms with Crippen molar-refractivity contribution < 1.29 is 14.5 Å². The molecule has 3 rings (SSSR count). The molecule has 0 aliphatic rings. The second-order valence-corrected chi connectivity index (χ2v) is 6.85. The van der Waals surface area contributed by atoms with Gasteiger partial charge in [0.05, 0.1) is 17.2 Å². The Labute approximate surface area is 178 Å². The van der Waals surface area contributed by atoms with Gasteiger partial charge in [0.2, 0.25) is 5.91 Å². The Morgan fingerprint density at radius 2 is 1.90 bits per heavy atom. The van der Waals surface area contributed by atoms with E-state index in [2.05, 4.69) is 10.4 Å². The molecule has 0 aliphatic carbocycles. The standard InChI is InChI=1S/C22H22N4O5/c1-4-31-17-10-8-16(9-11-17)18-12-13-20(27)25(24-18)15(3)22(28)23-21-14(2)6-5-7-19(21)26(29)30/h5-13,15H,4H2,1-3H3,(H,23,28). The predicted molar refractivity (Wildman–Crippen MR) is 116 cm³/mol. The third-order valence-electron chi connectivity index (χ3n) is 4.73. The Balaban J connectivity index is 1.89. The number of hydrogen-bond acceptors (Lipinski definition) is 6. The number of nitrogens with one attached hydrogen (secondary N) is 1. The van der Waals surface area contributed by atoms with E-state index in [1.165, 1.54) is 19.1 Å². The van der Waals surface area contributed by atoms with Crippen molar-refractivity contribution in [2.24, 2.45) is 0 Å². The number of amides is 1. The van der Waals surface area contributed by atoms with E-state index in [0.29, 0.717) is 23.6 Å². The van der Waals surface area contributed by atoms with E-state index < -0.39 is 22.4 Å². The molecule has 31 heavy (non-hydrogen) atoms. The minimum atomic E-state index is -0.991. The van der Waals surface area contributed by atoms with E-state index in [9.17, 15) is 19.7 Å². The van der Waals surface area contributed by atoms with Crippen LogP contribution in [0.1, 0.15) is 25.5 Å². The van der Waals surface area contributed by atoms with Crippen molar-refractivity contribution in [3.63, 3.8) is 0 Å². The van der Waals surface area contributed by atoms with Crippen molar-refractivity contribution in [2.75, 3.05) is 11.9 Å². The highest BCUT2D eigenvalue weighted by molar-refractivity contribution is 5.96. The number of ether oxygens (including phenoxy) is 1. The zero-order chi connectivity index (χ0) is 22.5. The van der Waals surface area contributed by atoms with Gasteiger partial charge >= 0.3 is 0 Å². The van der Waals surface area contributed by atoms with Crippen LogP contribution in [0.2, 0.25) is 0 Å².